The van der Waals surface area contributed by atoms with Gasteiger partial charge >= 0.3 is 0 Å². The minimum absolute atomic E-state index is 0.187. The molecular formula is C11H7BrClFOS. The van der Waals surface area contributed by atoms with E-state index in [-0.39, 0.29) is 5.56 Å². The Bertz CT molecular complexity index is 514. The Morgan fingerprint density at radius 1 is 1.31 bits per heavy atom. The van der Waals surface area contributed by atoms with Crippen molar-refractivity contribution in [1.29, 1.82) is 0 Å². The van der Waals surface area contributed by atoms with E-state index in [2.05, 4.69) is 15.9 Å². The van der Waals surface area contributed by atoms with Crippen molar-refractivity contribution in [2.45, 2.75) is 6.10 Å². The van der Waals surface area contributed by atoms with E-state index in [9.17, 15) is 9.50 Å². The van der Waals surface area contributed by atoms with Gasteiger partial charge in [-0.25, -0.2) is 4.39 Å². The van der Waals surface area contributed by atoms with E-state index in [0.29, 0.717) is 10.6 Å². The lowest BCUT2D eigenvalue weighted by Gasteiger charge is -2.11. The molecule has 0 saturated heterocycles. The molecule has 0 saturated carbocycles. The van der Waals surface area contributed by atoms with Crippen LogP contribution in [0.2, 0.25) is 5.02 Å². The second kappa shape index (κ2) is 4.84. The van der Waals surface area contributed by atoms with Crippen LogP contribution < -0.4 is 0 Å². The van der Waals surface area contributed by atoms with Crippen molar-refractivity contribution in [3.63, 3.8) is 0 Å². The minimum atomic E-state index is -1.00. The summed E-state index contributed by atoms with van der Waals surface area (Å²) in [5.41, 5.74) is 0.831. The molecule has 1 heterocycles. The average Bonchev–Trinajstić information content (AvgIpc) is 2.67. The Labute approximate surface area is 110 Å². The summed E-state index contributed by atoms with van der Waals surface area (Å²) in [5, 5.41) is 14.1. The molecule has 2 aromatic rings. The molecule has 1 nitrogen and oxygen atoms in total. The second-order valence-electron chi connectivity index (χ2n) is 3.24. The predicted octanol–water partition coefficient (Wildman–Crippen LogP) is 4.38. The first-order valence-corrected chi connectivity index (χ1v) is 6.55. The summed E-state index contributed by atoms with van der Waals surface area (Å²) in [5.74, 6) is -0.463. The van der Waals surface area contributed by atoms with E-state index in [1.165, 1.54) is 29.5 Å². The summed E-state index contributed by atoms with van der Waals surface area (Å²) in [6.07, 6.45) is -1.00. The van der Waals surface area contributed by atoms with Crippen molar-refractivity contribution in [2.75, 3.05) is 0 Å². The third-order valence-corrected chi connectivity index (χ3v) is 4.18. The lowest BCUT2D eigenvalue weighted by atomic mass is 10.0. The Kier molecular flexibility index (Phi) is 3.64. The SMILES string of the molecule is OC(c1cc(Cl)ccc1F)c1cscc1Br. The molecule has 0 aliphatic rings. The molecule has 2 rings (SSSR count). The van der Waals surface area contributed by atoms with Gasteiger partial charge < -0.3 is 5.11 Å². The van der Waals surface area contributed by atoms with Crippen molar-refractivity contribution in [3.05, 3.63) is 55.4 Å². The zero-order valence-corrected chi connectivity index (χ0v) is 11.1. The van der Waals surface area contributed by atoms with Crippen LogP contribution in [-0.4, -0.2) is 5.11 Å². The van der Waals surface area contributed by atoms with Crippen molar-refractivity contribution < 1.29 is 9.50 Å². The highest BCUT2D eigenvalue weighted by Crippen LogP contribution is 2.33. The molecule has 5 heteroatoms. The molecule has 1 N–H and O–H groups in total. The maximum Gasteiger partial charge on any atom is 0.129 e. The number of aliphatic hydroxyl groups is 1. The van der Waals surface area contributed by atoms with E-state index < -0.39 is 11.9 Å². The normalized spacial score (nSPS) is 12.8. The molecule has 1 aromatic heterocycles. The summed E-state index contributed by atoms with van der Waals surface area (Å²) in [6.45, 7) is 0. The Morgan fingerprint density at radius 3 is 2.69 bits per heavy atom. The van der Waals surface area contributed by atoms with E-state index in [1.807, 2.05) is 5.38 Å². The Hall–Kier alpha value is -0.420. The third kappa shape index (κ3) is 2.30. The first kappa shape index (κ1) is 12.0. The van der Waals surface area contributed by atoms with Gasteiger partial charge in [-0.05, 0) is 39.5 Å². The van der Waals surface area contributed by atoms with Gasteiger partial charge in [0.25, 0.3) is 0 Å². The number of rotatable bonds is 2. The topological polar surface area (TPSA) is 20.2 Å². The highest BCUT2D eigenvalue weighted by molar-refractivity contribution is 9.10. The predicted molar refractivity (Wildman–Crippen MR) is 67.5 cm³/mol. The fraction of sp³-hybridized carbons (Fsp3) is 0.0909. The molecule has 16 heavy (non-hydrogen) atoms. The second-order valence-corrected chi connectivity index (χ2v) is 5.28. The number of benzene rings is 1. The van der Waals surface area contributed by atoms with Crippen LogP contribution in [0, 0.1) is 5.82 Å². The highest BCUT2D eigenvalue weighted by atomic mass is 79.9. The molecule has 0 aliphatic carbocycles. The van der Waals surface area contributed by atoms with Gasteiger partial charge in [-0.15, -0.1) is 0 Å². The Balaban J connectivity index is 2.45. The maximum atomic E-state index is 13.5. The van der Waals surface area contributed by atoms with Gasteiger partial charge in [0.15, 0.2) is 0 Å². The van der Waals surface area contributed by atoms with Crippen LogP contribution in [0.15, 0.2) is 33.4 Å². The first-order chi connectivity index (χ1) is 7.59. The smallest absolute Gasteiger partial charge is 0.129 e. The number of hydrogen-bond donors (Lipinski definition) is 1. The van der Waals surface area contributed by atoms with E-state index >= 15 is 0 Å². The lowest BCUT2D eigenvalue weighted by molar-refractivity contribution is 0.214. The van der Waals surface area contributed by atoms with Crippen LogP contribution in [0.1, 0.15) is 17.2 Å². The monoisotopic (exact) mass is 320 g/mol. The quantitative estimate of drug-likeness (QED) is 0.870. The van der Waals surface area contributed by atoms with Gasteiger partial charge in [0.2, 0.25) is 0 Å². The minimum Gasteiger partial charge on any atom is -0.383 e. The molecule has 0 amide bonds. The van der Waals surface area contributed by atoms with Gasteiger partial charge in [0.05, 0.1) is 0 Å². The number of halogens is 3. The lowest BCUT2D eigenvalue weighted by Crippen LogP contribution is -2.01. The molecule has 1 aromatic carbocycles. The van der Waals surface area contributed by atoms with Crippen molar-refractivity contribution in [1.82, 2.24) is 0 Å². The maximum absolute atomic E-state index is 13.5. The highest BCUT2D eigenvalue weighted by Gasteiger charge is 2.18. The van der Waals surface area contributed by atoms with E-state index in [0.717, 1.165) is 4.47 Å². The third-order valence-electron chi connectivity index (χ3n) is 2.19. The van der Waals surface area contributed by atoms with E-state index in [4.69, 9.17) is 11.6 Å². The van der Waals surface area contributed by atoms with Crippen LogP contribution in [0.3, 0.4) is 0 Å². The van der Waals surface area contributed by atoms with Gasteiger partial charge in [-0.1, -0.05) is 11.6 Å². The molecule has 0 spiro atoms. The summed E-state index contributed by atoms with van der Waals surface area (Å²) in [4.78, 5) is 0. The summed E-state index contributed by atoms with van der Waals surface area (Å²) < 4.78 is 14.3. The summed E-state index contributed by atoms with van der Waals surface area (Å²) >= 11 is 10.5. The Morgan fingerprint density at radius 2 is 2.06 bits per heavy atom. The molecule has 84 valence electrons. The number of aliphatic hydroxyl groups excluding tert-OH is 1. The molecule has 0 radical (unpaired) electrons. The molecule has 0 fully saturated rings. The van der Waals surface area contributed by atoms with Crippen molar-refractivity contribution in [3.8, 4) is 0 Å². The van der Waals surface area contributed by atoms with Gasteiger partial charge in [-0.2, -0.15) is 11.3 Å². The van der Waals surface area contributed by atoms with E-state index in [1.54, 1.807) is 5.38 Å². The molecule has 0 aliphatic heterocycles. The molecular weight excluding hydrogens is 315 g/mol. The summed E-state index contributed by atoms with van der Waals surface area (Å²) in [7, 11) is 0. The molecule has 1 unspecified atom stereocenters. The van der Waals surface area contributed by atoms with Crippen LogP contribution >= 0.6 is 38.9 Å². The molecule has 1 atom stereocenters. The van der Waals surface area contributed by atoms with Crippen LogP contribution in [0.5, 0.6) is 0 Å². The number of hydrogen-bond acceptors (Lipinski definition) is 2. The first-order valence-electron chi connectivity index (χ1n) is 4.44. The summed E-state index contributed by atoms with van der Waals surface area (Å²) in [6, 6.07) is 4.14. The van der Waals surface area contributed by atoms with Crippen molar-refractivity contribution in [2.24, 2.45) is 0 Å². The van der Waals surface area contributed by atoms with Gasteiger partial charge in [0, 0.05) is 26.0 Å². The van der Waals surface area contributed by atoms with Crippen LogP contribution in [-0.2, 0) is 0 Å². The largest absolute Gasteiger partial charge is 0.383 e. The standard InChI is InChI=1S/C11H7BrClFOS/c12-9-5-16-4-8(9)11(15)7-3-6(13)1-2-10(7)14/h1-5,11,15H. The fourth-order valence-electron chi connectivity index (χ4n) is 1.38. The number of thiophene rings is 1. The average molecular weight is 322 g/mol. The van der Waals surface area contributed by atoms with Crippen LogP contribution in [0.25, 0.3) is 0 Å². The van der Waals surface area contributed by atoms with Gasteiger partial charge in [0.1, 0.15) is 11.9 Å². The van der Waals surface area contributed by atoms with Gasteiger partial charge in [-0.3, -0.25) is 0 Å². The zero-order chi connectivity index (χ0) is 11.7. The fourth-order valence-corrected chi connectivity index (χ4v) is 3.09. The van der Waals surface area contributed by atoms with Crippen LogP contribution in [0.4, 0.5) is 4.39 Å². The van der Waals surface area contributed by atoms with Crippen molar-refractivity contribution >= 4 is 38.9 Å². The molecule has 0 bridgehead atoms. The zero-order valence-electron chi connectivity index (χ0n) is 7.95.